The number of rotatable bonds is 4. The molecular formula is C16H23N3OS. The maximum absolute atomic E-state index is 6.07. The van der Waals surface area contributed by atoms with Gasteiger partial charge < -0.3 is 10.3 Å². The molecule has 3 rings (SSSR count). The van der Waals surface area contributed by atoms with Gasteiger partial charge in [-0.1, -0.05) is 38.3 Å². The van der Waals surface area contributed by atoms with E-state index in [1.165, 1.54) is 37.0 Å². The van der Waals surface area contributed by atoms with Crippen LogP contribution in [0.4, 0.5) is 5.00 Å². The van der Waals surface area contributed by atoms with Crippen molar-refractivity contribution in [1.82, 2.24) is 10.1 Å². The standard InChI is InChI=1S/C16H23N3OS/c1-3-10-6-5-7-11(8-10)15-18-16(20-19-15)13-9-12(4-2)21-14(13)17/h9-11H,3-8,17H2,1-2H3. The van der Waals surface area contributed by atoms with E-state index in [-0.39, 0.29) is 0 Å². The highest BCUT2D eigenvalue weighted by molar-refractivity contribution is 7.16. The molecule has 4 nitrogen and oxygen atoms in total. The van der Waals surface area contributed by atoms with E-state index in [0.29, 0.717) is 11.8 Å². The summed E-state index contributed by atoms with van der Waals surface area (Å²) in [6, 6.07) is 2.08. The van der Waals surface area contributed by atoms with Gasteiger partial charge in [0.2, 0.25) is 0 Å². The highest BCUT2D eigenvalue weighted by atomic mass is 32.1. The highest BCUT2D eigenvalue weighted by Gasteiger charge is 2.26. The van der Waals surface area contributed by atoms with Gasteiger partial charge in [0.15, 0.2) is 5.82 Å². The summed E-state index contributed by atoms with van der Waals surface area (Å²) in [6.45, 7) is 4.40. The first-order chi connectivity index (χ1) is 10.2. The van der Waals surface area contributed by atoms with E-state index in [2.05, 4.69) is 30.1 Å². The van der Waals surface area contributed by atoms with Crippen LogP contribution in [0.2, 0.25) is 0 Å². The van der Waals surface area contributed by atoms with Crippen molar-refractivity contribution >= 4 is 16.3 Å². The van der Waals surface area contributed by atoms with E-state index in [4.69, 9.17) is 10.3 Å². The summed E-state index contributed by atoms with van der Waals surface area (Å²) in [7, 11) is 0. The number of hydrogen-bond donors (Lipinski definition) is 1. The number of nitrogens with two attached hydrogens (primary N) is 1. The zero-order valence-electron chi connectivity index (χ0n) is 12.8. The molecule has 2 aromatic heterocycles. The zero-order valence-corrected chi connectivity index (χ0v) is 13.6. The Morgan fingerprint density at radius 1 is 1.38 bits per heavy atom. The average molecular weight is 305 g/mol. The van der Waals surface area contributed by atoms with Gasteiger partial charge in [-0.15, -0.1) is 11.3 Å². The van der Waals surface area contributed by atoms with Crippen LogP contribution in [0.5, 0.6) is 0 Å². The van der Waals surface area contributed by atoms with Gasteiger partial charge in [-0.05, 0) is 31.2 Å². The molecule has 1 aliphatic carbocycles. The molecule has 1 saturated carbocycles. The Bertz CT molecular complexity index is 604. The SMILES string of the molecule is CCc1cc(-c2nc(C3CCCC(CC)C3)no2)c(N)s1. The second kappa shape index (κ2) is 6.18. The summed E-state index contributed by atoms with van der Waals surface area (Å²) in [5, 5.41) is 5.00. The summed E-state index contributed by atoms with van der Waals surface area (Å²) in [5.74, 6) is 2.71. The number of nitrogens with zero attached hydrogens (tertiary/aromatic N) is 2. The fourth-order valence-electron chi connectivity index (χ4n) is 3.21. The monoisotopic (exact) mass is 305 g/mol. The molecule has 1 fully saturated rings. The predicted octanol–water partition coefficient (Wildman–Crippen LogP) is 4.63. The lowest BCUT2D eigenvalue weighted by Gasteiger charge is -2.26. The second-order valence-electron chi connectivity index (χ2n) is 5.94. The van der Waals surface area contributed by atoms with Crippen molar-refractivity contribution < 1.29 is 4.52 Å². The summed E-state index contributed by atoms with van der Waals surface area (Å²) in [6.07, 6.45) is 7.21. The summed E-state index contributed by atoms with van der Waals surface area (Å²) in [5.41, 5.74) is 6.97. The van der Waals surface area contributed by atoms with Gasteiger partial charge in [0.1, 0.15) is 0 Å². The molecule has 0 aliphatic heterocycles. The van der Waals surface area contributed by atoms with Crippen LogP contribution in [0.3, 0.4) is 0 Å². The third-order valence-electron chi connectivity index (χ3n) is 4.56. The van der Waals surface area contributed by atoms with E-state index in [0.717, 1.165) is 28.7 Å². The van der Waals surface area contributed by atoms with Crippen LogP contribution in [-0.2, 0) is 6.42 Å². The molecule has 2 atom stereocenters. The van der Waals surface area contributed by atoms with Crippen LogP contribution >= 0.6 is 11.3 Å². The summed E-state index contributed by atoms with van der Waals surface area (Å²) >= 11 is 1.61. The zero-order chi connectivity index (χ0) is 14.8. The molecule has 0 amide bonds. The highest BCUT2D eigenvalue weighted by Crippen LogP contribution is 2.38. The lowest BCUT2D eigenvalue weighted by molar-refractivity contribution is 0.300. The molecule has 21 heavy (non-hydrogen) atoms. The molecule has 0 spiro atoms. The topological polar surface area (TPSA) is 64.9 Å². The number of aryl methyl sites for hydroxylation is 1. The fraction of sp³-hybridized carbons (Fsp3) is 0.625. The smallest absolute Gasteiger partial charge is 0.260 e. The predicted molar refractivity (Wildman–Crippen MR) is 86.4 cm³/mol. The minimum Gasteiger partial charge on any atom is -0.390 e. The molecule has 0 aromatic carbocycles. The third-order valence-corrected chi connectivity index (χ3v) is 5.67. The lowest BCUT2D eigenvalue weighted by Crippen LogP contribution is -2.14. The van der Waals surface area contributed by atoms with Crippen molar-refractivity contribution in [2.75, 3.05) is 5.73 Å². The Balaban J connectivity index is 1.81. The van der Waals surface area contributed by atoms with Gasteiger partial charge in [-0.2, -0.15) is 4.98 Å². The average Bonchev–Trinajstić information content (AvgIpc) is 3.13. The Morgan fingerprint density at radius 2 is 2.24 bits per heavy atom. The van der Waals surface area contributed by atoms with E-state index >= 15 is 0 Å². The van der Waals surface area contributed by atoms with Crippen molar-refractivity contribution in [3.63, 3.8) is 0 Å². The van der Waals surface area contributed by atoms with Gasteiger partial charge in [-0.25, -0.2) is 0 Å². The van der Waals surface area contributed by atoms with Gasteiger partial charge in [0.05, 0.1) is 10.6 Å². The van der Waals surface area contributed by atoms with E-state index < -0.39 is 0 Å². The number of hydrogen-bond acceptors (Lipinski definition) is 5. The molecule has 0 bridgehead atoms. The molecule has 2 unspecified atom stereocenters. The Labute approximate surface area is 129 Å². The molecular weight excluding hydrogens is 282 g/mol. The Morgan fingerprint density at radius 3 is 2.95 bits per heavy atom. The van der Waals surface area contributed by atoms with Crippen LogP contribution in [0.1, 0.15) is 62.6 Å². The van der Waals surface area contributed by atoms with Crippen LogP contribution < -0.4 is 5.73 Å². The first-order valence-electron chi connectivity index (χ1n) is 7.93. The fourth-order valence-corrected chi connectivity index (χ4v) is 4.07. The molecule has 1 aliphatic rings. The quantitative estimate of drug-likeness (QED) is 0.894. The van der Waals surface area contributed by atoms with Gasteiger partial charge in [0, 0.05) is 10.8 Å². The molecule has 0 radical (unpaired) electrons. The largest absolute Gasteiger partial charge is 0.390 e. The Hall–Kier alpha value is -1.36. The maximum atomic E-state index is 6.07. The Kier molecular flexibility index (Phi) is 4.29. The van der Waals surface area contributed by atoms with Crippen molar-refractivity contribution in [1.29, 1.82) is 0 Å². The third kappa shape index (κ3) is 2.98. The van der Waals surface area contributed by atoms with Gasteiger partial charge in [0.25, 0.3) is 5.89 Å². The molecule has 114 valence electrons. The minimum absolute atomic E-state index is 0.451. The second-order valence-corrected chi connectivity index (χ2v) is 7.11. The van der Waals surface area contributed by atoms with E-state index in [9.17, 15) is 0 Å². The van der Waals surface area contributed by atoms with Crippen molar-refractivity contribution in [2.24, 2.45) is 5.92 Å². The normalized spacial score (nSPS) is 22.6. The molecule has 2 heterocycles. The first kappa shape index (κ1) is 14.6. The van der Waals surface area contributed by atoms with Crippen LogP contribution in [-0.4, -0.2) is 10.1 Å². The number of thiophene rings is 1. The van der Waals surface area contributed by atoms with Crippen LogP contribution in [0, 0.1) is 5.92 Å². The first-order valence-corrected chi connectivity index (χ1v) is 8.75. The van der Waals surface area contributed by atoms with Crippen LogP contribution in [0.15, 0.2) is 10.6 Å². The van der Waals surface area contributed by atoms with Crippen molar-refractivity contribution in [2.45, 2.75) is 58.3 Å². The summed E-state index contributed by atoms with van der Waals surface area (Å²) in [4.78, 5) is 5.89. The molecule has 0 saturated heterocycles. The molecule has 2 aromatic rings. The molecule has 2 N–H and O–H groups in total. The van der Waals surface area contributed by atoms with E-state index in [1.54, 1.807) is 11.3 Å². The number of nitrogen functional groups attached to an aromatic ring is 1. The minimum atomic E-state index is 0.451. The lowest BCUT2D eigenvalue weighted by atomic mass is 9.80. The van der Waals surface area contributed by atoms with Crippen molar-refractivity contribution in [3.8, 4) is 11.5 Å². The van der Waals surface area contributed by atoms with Crippen molar-refractivity contribution in [3.05, 3.63) is 16.8 Å². The summed E-state index contributed by atoms with van der Waals surface area (Å²) < 4.78 is 5.48. The molecule has 5 heteroatoms. The van der Waals surface area contributed by atoms with Gasteiger partial charge in [-0.3, -0.25) is 0 Å². The number of anilines is 1. The van der Waals surface area contributed by atoms with Gasteiger partial charge >= 0.3 is 0 Å². The van der Waals surface area contributed by atoms with Crippen LogP contribution in [0.25, 0.3) is 11.5 Å². The maximum Gasteiger partial charge on any atom is 0.260 e. The number of aromatic nitrogens is 2. The van der Waals surface area contributed by atoms with E-state index in [1.807, 2.05) is 0 Å².